The molecule has 5 heteroatoms. The molecule has 2 aromatic carbocycles. The van der Waals surface area contributed by atoms with E-state index in [2.05, 4.69) is 23.3 Å². The normalized spacial score (nSPS) is 13.7. The van der Waals surface area contributed by atoms with Crippen LogP contribution in [0.25, 0.3) is 0 Å². The van der Waals surface area contributed by atoms with Gasteiger partial charge in [0.25, 0.3) is 0 Å². The van der Waals surface area contributed by atoms with Gasteiger partial charge in [-0.3, -0.25) is 5.01 Å². The van der Waals surface area contributed by atoms with Crippen molar-refractivity contribution >= 4 is 11.9 Å². The van der Waals surface area contributed by atoms with E-state index < -0.39 is 0 Å². The zero-order chi connectivity index (χ0) is 16.9. The van der Waals surface area contributed by atoms with Crippen LogP contribution in [-0.4, -0.2) is 34.1 Å². The molecule has 0 saturated carbocycles. The Morgan fingerprint density at radius 1 is 1.00 bits per heavy atom. The molecule has 0 aromatic heterocycles. The van der Waals surface area contributed by atoms with Crippen LogP contribution in [-0.2, 0) is 6.42 Å². The molecule has 0 aliphatic carbocycles. The van der Waals surface area contributed by atoms with Gasteiger partial charge in [-0.25, -0.2) is 0 Å². The first kappa shape index (κ1) is 16.2. The average Bonchev–Trinajstić information content (AvgIpc) is 2.65. The van der Waals surface area contributed by atoms with Gasteiger partial charge in [0, 0.05) is 12.1 Å². The zero-order valence-corrected chi connectivity index (χ0v) is 14.3. The molecule has 0 saturated heterocycles. The van der Waals surface area contributed by atoms with Crippen molar-refractivity contribution in [2.45, 2.75) is 12.8 Å². The number of benzene rings is 2. The number of hydrazone groups is 1. The standard InChI is InChI=1S/C19H22N2O3/c1-22-17-11-14(12-18(23-2)19(17)24-3)13-20-21-10-6-8-15-7-4-5-9-16(15)21/h4-5,7,9,11-13H,6,8,10H2,1-3H3. The van der Waals surface area contributed by atoms with Crippen molar-refractivity contribution in [1.82, 2.24) is 0 Å². The Labute approximate surface area is 142 Å². The van der Waals surface area contributed by atoms with E-state index in [0.717, 1.165) is 24.9 Å². The smallest absolute Gasteiger partial charge is 0.203 e. The lowest BCUT2D eigenvalue weighted by Gasteiger charge is -2.26. The molecular formula is C19H22N2O3. The second-order valence-electron chi connectivity index (χ2n) is 5.56. The highest BCUT2D eigenvalue weighted by molar-refractivity contribution is 5.83. The van der Waals surface area contributed by atoms with E-state index in [1.54, 1.807) is 21.3 Å². The number of fused-ring (bicyclic) bond motifs is 1. The summed E-state index contributed by atoms with van der Waals surface area (Å²) in [7, 11) is 4.82. The Hall–Kier alpha value is -2.69. The van der Waals surface area contributed by atoms with Crippen LogP contribution in [0.3, 0.4) is 0 Å². The van der Waals surface area contributed by atoms with Gasteiger partial charge in [-0.1, -0.05) is 18.2 Å². The van der Waals surface area contributed by atoms with Gasteiger partial charge in [0.05, 0.1) is 33.2 Å². The summed E-state index contributed by atoms with van der Waals surface area (Å²) in [6, 6.07) is 12.2. The molecule has 1 aliphatic heterocycles. The fourth-order valence-electron chi connectivity index (χ4n) is 2.95. The number of ether oxygens (including phenoxy) is 3. The minimum atomic E-state index is 0.584. The van der Waals surface area contributed by atoms with Gasteiger partial charge >= 0.3 is 0 Å². The molecule has 3 rings (SSSR count). The maximum absolute atomic E-state index is 5.39. The Morgan fingerprint density at radius 2 is 1.71 bits per heavy atom. The number of para-hydroxylation sites is 1. The number of hydrogen-bond donors (Lipinski definition) is 0. The number of methoxy groups -OCH3 is 3. The first-order valence-corrected chi connectivity index (χ1v) is 7.96. The number of rotatable bonds is 5. The summed E-state index contributed by atoms with van der Waals surface area (Å²) in [5, 5.41) is 6.70. The van der Waals surface area contributed by atoms with Crippen LogP contribution in [0, 0.1) is 0 Å². The summed E-state index contributed by atoms with van der Waals surface area (Å²) in [6.45, 7) is 0.915. The molecule has 0 unspecified atom stereocenters. The summed E-state index contributed by atoms with van der Waals surface area (Å²) in [5.41, 5.74) is 3.41. The Morgan fingerprint density at radius 3 is 2.38 bits per heavy atom. The third kappa shape index (κ3) is 3.15. The van der Waals surface area contributed by atoms with Crippen LogP contribution in [0.5, 0.6) is 17.2 Å². The van der Waals surface area contributed by atoms with Crippen molar-refractivity contribution < 1.29 is 14.2 Å². The number of hydrogen-bond acceptors (Lipinski definition) is 5. The molecule has 126 valence electrons. The molecule has 0 radical (unpaired) electrons. The lowest BCUT2D eigenvalue weighted by Crippen LogP contribution is -2.24. The second-order valence-corrected chi connectivity index (χ2v) is 5.56. The van der Waals surface area contributed by atoms with Crippen molar-refractivity contribution in [3.05, 3.63) is 47.5 Å². The Kier molecular flexibility index (Phi) is 4.89. The average molecular weight is 326 g/mol. The van der Waals surface area contributed by atoms with Crippen molar-refractivity contribution in [3.8, 4) is 17.2 Å². The molecule has 0 fully saturated rings. The monoisotopic (exact) mass is 326 g/mol. The van der Waals surface area contributed by atoms with Crippen molar-refractivity contribution in [2.75, 3.05) is 32.9 Å². The SMILES string of the molecule is COc1cc(C=NN2CCCc3ccccc32)cc(OC)c1OC. The van der Waals surface area contributed by atoms with E-state index in [1.807, 2.05) is 29.4 Å². The van der Waals surface area contributed by atoms with Crippen LogP contribution in [0.4, 0.5) is 5.69 Å². The van der Waals surface area contributed by atoms with Gasteiger partial charge in [-0.15, -0.1) is 0 Å². The van der Waals surface area contributed by atoms with Gasteiger partial charge < -0.3 is 14.2 Å². The third-order valence-electron chi connectivity index (χ3n) is 4.12. The molecule has 0 amide bonds. The van der Waals surface area contributed by atoms with Gasteiger partial charge in [-0.05, 0) is 36.6 Å². The number of aryl methyl sites for hydroxylation is 1. The zero-order valence-electron chi connectivity index (χ0n) is 14.3. The fraction of sp³-hybridized carbons (Fsp3) is 0.316. The van der Waals surface area contributed by atoms with Crippen LogP contribution in [0.1, 0.15) is 17.5 Å². The fourth-order valence-corrected chi connectivity index (χ4v) is 2.95. The molecule has 2 aromatic rings. The molecule has 24 heavy (non-hydrogen) atoms. The summed E-state index contributed by atoms with van der Waals surface area (Å²) >= 11 is 0. The second kappa shape index (κ2) is 7.25. The number of nitrogens with zero attached hydrogens (tertiary/aromatic N) is 2. The maximum Gasteiger partial charge on any atom is 0.203 e. The molecule has 0 spiro atoms. The van der Waals surface area contributed by atoms with Crippen LogP contribution in [0.15, 0.2) is 41.5 Å². The highest BCUT2D eigenvalue weighted by Gasteiger charge is 2.16. The van der Waals surface area contributed by atoms with Crippen molar-refractivity contribution in [2.24, 2.45) is 5.10 Å². The van der Waals surface area contributed by atoms with Gasteiger partial charge in [0.15, 0.2) is 11.5 Å². The minimum Gasteiger partial charge on any atom is -0.493 e. The van der Waals surface area contributed by atoms with Crippen LogP contribution < -0.4 is 19.2 Å². The number of anilines is 1. The van der Waals surface area contributed by atoms with Crippen LogP contribution >= 0.6 is 0 Å². The van der Waals surface area contributed by atoms with Gasteiger partial charge in [-0.2, -0.15) is 5.10 Å². The highest BCUT2D eigenvalue weighted by Crippen LogP contribution is 2.37. The molecular weight excluding hydrogens is 304 g/mol. The van der Waals surface area contributed by atoms with E-state index in [-0.39, 0.29) is 0 Å². The maximum atomic E-state index is 5.39. The quantitative estimate of drug-likeness (QED) is 0.789. The van der Waals surface area contributed by atoms with E-state index in [0.29, 0.717) is 17.2 Å². The Bertz CT molecular complexity index is 718. The topological polar surface area (TPSA) is 43.3 Å². The lowest BCUT2D eigenvalue weighted by atomic mass is 10.0. The molecule has 5 nitrogen and oxygen atoms in total. The first-order chi connectivity index (χ1) is 11.8. The summed E-state index contributed by atoms with van der Waals surface area (Å²) in [4.78, 5) is 0. The molecule has 0 N–H and O–H groups in total. The van der Waals surface area contributed by atoms with E-state index in [9.17, 15) is 0 Å². The van der Waals surface area contributed by atoms with Gasteiger partial charge in [0.1, 0.15) is 0 Å². The molecule has 0 atom stereocenters. The van der Waals surface area contributed by atoms with E-state index in [1.165, 1.54) is 11.3 Å². The lowest BCUT2D eigenvalue weighted by molar-refractivity contribution is 0.324. The largest absolute Gasteiger partial charge is 0.493 e. The minimum absolute atomic E-state index is 0.584. The van der Waals surface area contributed by atoms with Crippen molar-refractivity contribution in [1.29, 1.82) is 0 Å². The summed E-state index contributed by atoms with van der Waals surface area (Å²) in [6.07, 6.45) is 4.03. The predicted octanol–water partition coefficient (Wildman–Crippen LogP) is 3.50. The Balaban J connectivity index is 1.90. The highest BCUT2D eigenvalue weighted by atomic mass is 16.5. The third-order valence-corrected chi connectivity index (χ3v) is 4.12. The van der Waals surface area contributed by atoms with E-state index in [4.69, 9.17) is 14.2 Å². The molecule has 1 aliphatic rings. The first-order valence-electron chi connectivity index (χ1n) is 7.96. The molecule has 0 bridgehead atoms. The van der Waals surface area contributed by atoms with Crippen molar-refractivity contribution in [3.63, 3.8) is 0 Å². The summed E-state index contributed by atoms with van der Waals surface area (Å²) in [5.74, 6) is 1.83. The molecule has 1 heterocycles. The van der Waals surface area contributed by atoms with Gasteiger partial charge in [0.2, 0.25) is 5.75 Å². The summed E-state index contributed by atoms with van der Waals surface area (Å²) < 4.78 is 16.1. The predicted molar refractivity (Wildman–Crippen MR) is 95.8 cm³/mol. The van der Waals surface area contributed by atoms with E-state index >= 15 is 0 Å². The van der Waals surface area contributed by atoms with Crippen LogP contribution in [0.2, 0.25) is 0 Å².